The predicted octanol–water partition coefficient (Wildman–Crippen LogP) is 7.59. The SMILES string of the molecule is CC(=O)c1ccc(Cl)c(Cl)c1.CCOC(O)C(F)(F)F.O=C(CC(O)C(F)(F)F)c1ccc(Cl)c(Cl)c1. The third-order valence-electron chi connectivity index (χ3n) is 3.93. The number of halogens is 10. The Morgan fingerprint density at radius 2 is 1.24 bits per heavy atom. The number of benzene rings is 2. The fourth-order valence-corrected chi connectivity index (χ4v) is 2.64. The second-order valence-corrected chi connectivity index (χ2v) is 8.48. The maximum Gasteiger partial charge on any atom is 0.439 e. The molecule has 5 nitrogen and oxygen atoms in total. The molecule has 0 saturated heterocycles. The van der Waals surface area contributed by atoms with E-state index in [0.29, 0.717) is 15.6 Å². The van der Waals surface area contributed by atoms with Crippen molar-refractivity contribution in [2.45, 2.75) is 45.0 Å². The highest BCUT2D eigenvalue weighted by atomic mass is 35.5. The fraction of sp³-hybridized carbons (Fsp3) is 0.364. The number of ketones is 2. The fourth-order valence-electron chi connectivity index (χ4n) is 2.05. The van der Waals surface area contributed by atoms with Crippen LogP contribution < -0.4 is 0 Å². The molecule has 2 aromatic carbocycles. The minimum absolute atomic E-state index is 0.0106. The predicted molar refractivity (Wildman–Crippen MR) is 128 cm³/mol. The summed E-state index contributed by atoms with van der Waals surface area (Å²) in [7, 11) is 0. The number of Topliss-reactive ketones (excluding diaryl/α,β-unsaturated/α-hetero) is 2. The van der Waals surface area contributed by atoms with Crippen molar-refractivity contribution < 1.29 is 50.9 Å². The quantitative estimate of drug-likeness (QED) is 0.198. The lowest BCUT2D eigenvalue weighted by atomic mass is 10.1. The molecule has 0 fully saturated rings. The Labute approximate surface area is 227 Å². The maximum absolute atomic E-state index is 12.0. The van der Waals surface area contributed by atoms with Crippen LogP contribution in [0.15, 0.2) is 36.4 Å². The van der Waals surface area contributed by atoms with Crippen LogP contribution in [0.4, 0.5) is 26.3 Å². The van der Waals surface area contributed by atoms with Gasteiger partial charge in [0.2, 0.25) is 0 Å². The molecule has 0 aliphatic rings. The summed E-state index contributed by atoms with van der Waals surface area (Å²) in [6.07, 6.45) is -15.8. The topological polar surface area (TPSA) is 83.8 Å². The van der Waals surface area contributed by atoms with Crippen molar-refractivity contribution in [3.8, 4) is 0 Å². The zero-order chi connectivity index (χ0) is 29.1. The lowest BCUT2D eigenvalue weighted by Gasteiger charge is -2.13. The smallest absolute Gasteiger partial charge is 0.383 e. The number of carbonyl (C=O) groups excluding carboxylic acids is 2. The molecule has 0 amide bonds. The number of rotatable bonds is 6. The molecule has 2 atom stereocenters. The highest BCUT2D eigenvalue weighted by Crippen LogP contribution is 2.26. The van der Waals surface area contributed by atoms with Gasteiger partial charge < -0.3 is 14.9 Å². The molecule has 0 aromatic heterocycles. The van der Waals surface area contributed by atoms with Gasteiger partial charge in [-0.05, 0) is 50.2 Å². The van der Waals surface area contributed by atoms with E-state index >= 15 is 0 Å². The summed E-state index contributed by atoms with van der Waals surface area (Å²) in [5.74, 6) is -0.864. The van der Waals surface area contributed by atoms with Gasteiger partial charge in [-0.1, -0.05) is 46.4 Å². The monoisotopic (exact) mass is 618 g/mol. The Morgan fingerprint density at radius 1 is 0.811 bits per heavy atom. The first-order valence-corrected chi connectivity index (χ1v) is 11.4. The molecule has 208 valence electrons. The lowest BCUT2D eigenvalue weighted by Crippen LogP contribution is -2.31. The van der Waals surface area contributed by atoms with Crippen molar-refractivity contribution in [2.75, 3.05) is 6.61 Å². The molecule has 37 heavy (non-hydrogen) atoms. The number of aliphatic hydroxyl groups is 2. The molecule has 2 rings (SSSR count). The molecule has 0 spiro atoms. The van der Waals surface area contributed by atoms with Gasteiger partial charge in [0.05, 0.1) is 20.1 Å². The summed E-state index contributed by atoms with van der Waals surface area (Å²) in [6, 6.07) is 8.54. The molecule has 15 heteroatoms. The average molecular weight is 620 g/mol. The first kappa shape index (κ1) is 35.4. The molecule has 0 heterocycles. The Balaban J connectivity index is 0.000000561. The van der Waals surface area contributed by atoms with Gasteiger partial charge in [-0.15, -0.1) is 0 Å². The molecule has 0 radical (unpaired) electrons. The number of hydrogen-bond donors (Lipinski definition) is 2. The normalized spacial score (nSPS) is 12.9. The van der Waals surface area contributed by atoms with Gasteiger partial charge in [-0.3, -0.25) is 9.59 Å². The summed E-state index contributed by atoms with van der Waals surface area (Å²) >= 11 is 22.5. The van der Waals surface area contributed by atoms with E-state index in [-0.39, 0.29) is 28.0 Å². The number of carbonyl (C=O) groups is 2. The molecule has 2 N–H and O–H groups in total. The van der Waals surface area contributed by atoms with Gasteiger partial charge in [0.1, 0.15) is 0 Å². The van der Waals surface area contributed by atoms with Crippen LogP contribution in [0.5, 0.6) is 0 Å². The van der Waals surface area contributed by atoms with Crippen LogP contribution >= 0.6 is 46.4 Å². The van der Waals surface area contributed by atoms with Crippen LogP contribution in [0.2, 0.25) is 20.1 Å². The van der Waals surface area contributed by atoms with Crippen LogP contribution in [0.1, 0.15) is 41.0 Å². The van der Waals surface area contributed by atoms with E-state index in [1.807, 2.05) is 0 Å². The Kier molecular flexibility index (Phi) is 15.0. The van der Waals surface area contributed by atoms with Gasteiger partial charge in [-0.25, -0.2) is 0 Å². The highest BCUT2D eigenvalue weighted by Gasteiger charge is 2.40. The zero-order valence-corrected chi connectivity index (χ0v) is 22.0. The second-order valence-electron chi connectivity index (χ2n) is 6.85. The van der Waals surface area contributed by atoms with Gasteiger partial charge in [0.15, 0.2) is 17.7 Å². The first-order chi connectivity index (χ1) is 16.8. The first-order valence-electron chi connectivity index (χ1n) is 9.86. The zero-order valence-electron chi connectivity index (χ0n) is 18.9. The minimum Gasteiger partial charge on any atom is -0.383 e. The molecule has 0 aliphatic heterocycles. The molecule has 0 bridgehead atoms. The molecule has 2 aromatic rings. The van der Waals surface area contributed by atoms with E-state index in [1.165, 1.54) is 26.0 Å². The lowest BCUT2D eigenvalue weighted by molar-refractivity contribution is -0.292. The number of hydrogen-bond acceptors (Lipinski definition) is 5. The Bertz CT molecular complexity index is 1050. The van der Waals surface area contributed by atoms with E-state index in [2.05, 4.69) is 4.74 Å². The summed E-state index contributed by atoms with van der Waals surface area (Å²) in [4.78, 5) is 22.2. The van der Waals surface area contributed by atoms with Crippen LogP contribution in [0.25, 0.3) is 0 Å². The van der Waals surface area contributed by atoms with Gasteiger partial charge in [0.25, 0.3) is 6.29 Å². The van der Waals surface area contributed by atoms with E-state index in [1.54, 1.807) is 18.2 Å². The minimum atomic E-state index is -4.81. The summed E-state index contributed by atoms with van der Waals surface area (Å²) in [6.45, 7) is 2.70. The van der Waals surface area contributed by atoms with Crippen LogP contribution in [0, 0.1) is 0 Å². The van der Waals surface area contributed by atoms with Crippen LogP contribution in [-0.4, -0.2) is 53.1 Å². The second kappa shape index (κ2) is 15.7. The third-order valence-corrected chi connectivity index (χ3v) is 5.41. The maximum atomic E-state index is 12.0. The summed E-state index contributed by atoms with van der Waals surface area (Å²) in [5, 5.41) is 17.9. The highest BCUT2D eigenvalue weighted by molar-refractivity contribution is 6.42. The van der Waals surface area contributed by atoms with Crippen molar-refractivity contribution in [1.29, 1.82) is 0 Å². The van der Waals surface area contributed by atoms with Crippen LogP contribution in [0.3, 0.4) is 0 Å². The molecule has 0 aliphatic carbocycles. The Hall–Kier alpha value is -1.60. The summed E-state index contributed by atoms with van der Waals surface area (Å²) < 4.78 is 73.7. The van der Waals surface area contributed by atoms with E-state index < -0.39 is 37.0 Å². The van der Waals surface area contributed by atoms with Crippen molar-refractivity contribution in [3.63, 3.8) is 0 Å². The Morgan fingerprint density at radius 3 is 1.57 bits per heavy atom. The molecule has 0 saturated carbocycles. The van der Waals surface area contributed by atoms with Crippen molar-refractivity contribution >= 4 is 58.0 Å². The number of aliphatic hydroxyl groups excluding tert-OH is 2. The largest absolute Gasteiger partial charge is 0.439 e. The third kappa shape index (κ3) is 13.7. The molecular formula is C22H20Cl4F6O5. The summed E-state index contributed by atoms with van der Waals surface area (Å²) in [5.41, 5.74) is 0.558. The number of ether oxygens (including phenoxy) is 1. The van der Waals surface area contributed by atoms with Gasteiger partial charge in [-0.2, -0.15) is 26.3 Å². The van der Waals surface area contributed by atoms with E-state index in [4.69, 9.17) is 56.6 Å². The van der Waals surface area contributed by atoms with E-state index in [0.717, 1.165) is 6.07 Å². The van der Waals surface area contributed by atoms with E-state index in [9.17, 15) is 35.9 Å². The average Bonchev–Trinajstić information content (AvgIpc) is 2.77. The van der Waals surface area contributed by atoms with Crippen molar-refractivity contribution in [3.05, 3.63) is 67.6 Å². The number of alkyl halides is 6. The standard InChI is InChI=1S/C10H7Cl2F3O2.C8H6Cl2O.C4H7F3O2/c11-6-2-1-5(3-7(6)12)8(16)4-9(17)10(13,14)15;1-5(11)6-2-3-7(9)8(10)4-6;1-2-9-3(8)4(5,6)7/h1-3,9,17H,4H2;2-4H,1H3;3,8H,2H2,1H3. The van der Waals surface area contributed by atoms with Crippen molar-refractivity contribution in [1.82, 2.24) is 0 Å². The van der Waals surface area contributed by atoms with Gasteiger partial charge >= 0.3 is 12.4 Å². The van der Waals surface area contributed by atoms with Crippen LogP contribution in [-0.2, 0) is 4.74 Å². The van der Waals surface area contributed by atoms with Crippen molar-refractivity contribution in [2.24, 2.45) is 0 Å². The molecular weight excluding hydrogens is 600 g/mol. The van der Waals surface area contributed by atoms with Gasteiger partial charge in [0, 0.05) is 24.2 Å². The molecule has 2 unspecified atom stereocenters.